The molecule has 0 fully saturated rings. The maximum absolute atomic E-state index is 13.9. The molecule has 13 heteroatoms. The second kappa shape index (κ2) is 10.1. The van der Waals surface area contributed by atoms with E-state index in [0.29, 0.717) is 16.8 Å². The van der Waals surface area contributed by atoms with Gasteiger partial charge < -0.3 is 31.1 Å². The van der Waals surface area contributed by atoms with Crippen molar-refractivity contribution in [2.45, 2.75) is 37.5 Å². The molecule has 0 aromatic heterocycles. The summed E-state index contributed by atoms with van der Waals surface area (Å²) in [6.07, 6.45) is -2.52. The molecule has 3 aliphatic rings. The number of phenols is 1. The Morgan fingerprint density at radius 1 is 1.15 bits per heavy atom. The molecule has 40 heavy (non-hydrogen) atoms. The fourth-order valence-corrected chi connectivity index (χ4v) is 6.64. The van der Waals surface area contributed by atoms with Crippen LogP contribution in [0.3, 0.4) is 0 Å². The molecule has 0 heterocycles. The Morgan fingerprint density at radius 3 is 2.30 bits per heavy atom. The minimum absolute atomic E-state index is 0.0467. The number of Topliss-reactive ketones (excluding diaryl/α,β-unsaturated/α-hetero) is 2. The summed E-state index contributed by atoms with van der Waals surface area (Å²) in [4.78, 5) is 43.9. The van der Waals surface area contributed by atoms with Crippen LogP contribution in [0.2, 0.25) is 0 Å². The van der Waals surface area contributed by atoms with E-state index in [-0.39, 0.29) is 30.5 Å². The number of alkyl halides is 2. The van der Waals surface area contributed by atoms with E-state index in [4.69, 9.17) is 5.73 Å². The predicted molar refractivity (Wildman–Crippen MR) is 140 cm³/mol. The van der Waals surface area contributed by atoms with Crippen LogP contribution in [-0.2, 0) is 22.6 Å². The summed E-state index contributed by atoms with van der Waals surface area (Å²) in [5.74, 6) is -7.32. The maximum Gasteiger partial charge on any atom is 0.255 e. The molecule has 1 aromatic rings. The van der Waals surface area contributed by atoms with Gasteiger partial charge >= 0.3 is 0 Å². The second-order valence-electron chi connectivity index (χ2n) is 11.2. The molecule has 6 N–H and O–H groups in total. The number of hydrogen-bond donors (Lipinski definition) is 5. The molecule has 1 amide bonds. The zero-order valence-corrected chi connectivity index (χ0v) is 22.9. The number of ketones is 2. The second-order valence-corrected chi connectivity index (χ2v) is 11.2. The Morgan fingerprint density at radius 2 is 1.77 bits per heavy atom. The SMILES string of the molecule is CN(Cc1cc(O)c2c(c1N(C)C)C[C@H]1C[C@H]3[C@H](N(C)C)C(O)=C(C(N)=O)C(=O)[C@@]3(O)C(O)=C1C2=O)CC(F)F. The fraction of sp³-hybridized carbons (Fsp3) is 0.519. The van der Waals surface area contributed by atoms with E-state index in [9.17, 15) is 43.6 Å². The van der Waals surface area contributed by atoms with Crippen molar-refractivity contribution < 1.29 is 43.6 Å². The number of amides is 1. The molecule has 0 bridgehead atoms. The third kappa shape index (κ3) is 4.32. The van der Waals surface area contributed by atoms with Gasteiger partial charge in [0.2, 0.25) is 5.78 Å². The molecule has 3 aliphatic carbocycles. The van der Waals surface area contributed by atoms with Crippen molar-refractivity contribution in [3.8, 4) is 5.75 Å². The molecule has 0 unspecified atom stereocenters. The number of phenolic OH excluding ortho intramolecular Hbond substituents is 1. The van der Waals surface area contributed by atoms with Crippen LogP contribution < -0.4 is 10.6 Å². The first-order valence-corrected chi connectivity index (χ1v) is 12.7. The van der Waals surface area contributed by atoms with Crippen LogP contribution in [0.25, 0.3) is 0 Å². The summed E-state index contributed by atoms with van der Waals surface area (Å²) in [7, 11) is 8.05. The van der Waals surface area contributed by atoms with Crippen LogP contribution in [0.4, 0.5) is 14.5 Å². The normalized spacial score (nSPS) is 26.4. The topological polar surface area (TPSA) is 168 Å². The maximum atomic E-state index is 13.9. The summed E-state index contributed by atoms with van der Waals surface area (Å²) in [6.45, 7) is -0.447. The first-order chi connectivity index (χ1) is 18.5. The molecular weight excluding hydrogens is 530 g/mol. The lowest BCUT2D eigenvalue weighted by Gasteiger charge is -2.50. The number of aromatic hydroxyl groups is 1. The molecule has 0 radical (unpaired) electrons. The summed E-state index contributed by atoms with van der Waals surface area (Å²) in [6, 6.07) is 0.216. The number of nitrogens with two attached hydrogens (primary N) is 1. The van der Waals surface area contributed by atoms with Crippen molar-refractivity contribution in [1.29, 1.82) is 0 Å². The van der Waals surface area contributed by atoms with Gasteiger partial charge in [0.25, 0.3) is 12.3 Å². The highest BCUT2D eigenvalue weighted by Gasteiger charge is 2.63. The number of aliphatic hydroxyl groups is 3. The number of aliphatic hydroxyl groups excluding tert-OH is 2. The largest absolute Gasteiger partial charge is 0.510 e. The van der Waals surface area contributed by atoms with E-state index in [1.165, 1.54) is 22.9 Å². The van der Waals surface area contributed by atoms with E-state index >= 15 is 0 Å². The number of hydrogen-bond acceptors (Lipinski definition) is 10. The van der Waals surface area contributed by atoms with Crippen LogP contribution in [0.1, 0.15) is 27.9 Å². The van der Waals surface area contributed by atoms with Crippen LogP contribution in [0.15, 0.2) is 28.7 Å². The lowest BCUT2D eigenvalue weighted by atomic mass is 9.58. The van der Waals surface area contributed by atoms with E-state index in [1.807, 2.05) is 0 Å². The Labute approximate surface area is 229 Å². The summed E-state index contributed by atoms with van der Waals surface area (Å²) in [5, 5.41) is 44.9. The minimum Gasteiger partial charge on any atom is -0.510 e. The average molecular weight is 565 g/mol. The van der Waals surface area contributed by atoms with Crippen LogP contribution in [0, 0.1) is 11.8 Å². The zero-order valence-electron chi connectivity index (χ0n) is 22.9. The fourth-order valence-electron chi connectivity index (χ4n) is 6.64. The van der Waals surface area contributed by atoms with Crippen molar-refractivity contribution in [3.05, 3.63) is 45.4 Å². The standard InChI is InChI=1S/C27H34F2N4O7/c1-31(2)20-12(9-33(5)10-16(28)29)8-15(34)18-13(20)6-11-7-14-21(32(3)4)23(36)19(26(30)39)25(38)27(14,40)24(37)17(11)22(18)35/h8,11,14,16,21,34,36-37,40H,6-7,9-10H2,1-5H3,(H2,30,39)/t11-,14-,21-,27-/m0/s1. The van der Waals surface area contributed by atoms with E-state index < -0.39 is 76.8 Å². The average Bonchev–Trinajstić information content (AvgIpc) is 2.79. The number of benzene rings is 1. The highest BCUT2D eigenvalue weighted by molar-refractivity contribution is 6.24. The van der Waals surface area contributed by atoms with Gasteiger partial charge in [-0.2, -0.15) is 0 Å². The molecule has 0 spiro atoms. The Hall–Kier alpha value is -3.55. The number of nitrogens with zero attached hydrogens (tertiary/aromatic N) is 3. The lowest BCUT2D eigenvalue weighted by molar-refractivity contribution is -0.148. The molecule has 218 valence electrons. The van der Waals surface area contributed by atoms with E-state index in [2.05, 4.69) is 0 Å². The number of allylic oxidation sites excluding steroid dienone is 1. The van der Waals surface area contributed by atoms with Gasteiger partial charge in [-0.15, -0.1) is 0 Å². The van der Waals surface area contributed by atoms with E-state index in [0.717, 1.165) is 0 Å². The summed E-state index contributed by atoms with van der Waals surface area (Å²) >= 11 is 0. The summed E-state index contributed by atoms with van der Waals surface area (Å²) < 4.78 is 26.0. The number of carbonyl (C=O) groups is 3. The van der Waals surface area contributed by atoms with Gasteiger partial charge in [-0.05, 0) is 57.1 Å². The zero-order chi connectivity index (χ0) is 30.0. The number of anilines is 1. The molecule has 1 aromatic carbocycles. The quantitative estimate of drug-likeness (QED) is 0.300. The highest BCUT2D eigenvalue weighted by atomic mass is 19.3. The van der Waals surface area contributed by atoms with Crippen LogP contribution >= 0.6 is 0 Å². The minimum atomic E-state index is -2.72. The first-order valence-electron chi connectivity index (χ1n) is 12.7. The highest BCUT2D eigenvalue weighted by Crippen LogP contribution is 2.53. The van der Waals surface area contributed by atoms with Crippen molar-refractivity contribution in [3.63, 3.8) is 0 Å². The van der Waals surface area contributed by atoms with Crippen LogP contribution in [0.5, 0.6) is 5.75 Å². The van der Waals surface area contributed by atoms with Crippen molar-refractivity contribution in [2.24, 2.45) is 17.6 Å². The number of likely N-dealkylation sites (N-methyl/N-ethyl adjacent to an activating group) is 1. The van der Waals surface area contributed by atoms with Gasteiger partial charge in [0.1, 0.15) is 22.8 Å². The first kappa shape index (κ1) is 29.4. The van der Waals surface area contributed by atoms with Crippen molar-refractivity contribution in [1.82, 2.24) is 9.80 Å². The van der Waals surface area contributed by atoms with Gasteiger partial charge in [0, 0.05) is 37.8 Å². The molecule has 0 aliphatic heterocycles. The summed E-state index contributed by atoms with van der Waals surface area (Å²) in [5.41, 5.74) is 2.84. The lowest BCUT2D eigenvalue weighted by Crippen LogP contribution is -2.63. The van der Waals surface area contributed by atoms with E-state index in [1.54, 1.807) is 33.1 Å². The van der Waals surface area contributed by atoms with Gasteiger partial charge in [-0.25, -0.2) is 8.78 Å². The molecule has 0 saturated carbocycles. The Balaban J connectivity index is 1.91. The third-order valence-electron chi connectivity index (χ3n) is 8.11. The predicted octanol–water partition coefficient (Wildman–Crippen LogP) is 0.884. The van der Waals surface area contributed by atoms with Gasteiger partial charge in [0.05, 0.1) is 18.2 Å². The third-order valence-corrected chi connectivity index (χ3v) is 8.11. The van der Waals surface area contributed by atoms with Crippen LogP contribution in [-0.4, -0.2) is 108 Å². The Bertz CT molecular complexity index is 1360. The van der Waals surface area contributed by atoms with Gasteiger partial charge in [-0.1, -0.05) is 0 Å². The molecule has 11 nitrogen and oxygen atoms in total. The van der Waals surface area contributed by atoms with Crippen molar-refractivity contribution >= 4 is 23.2 Å². The van der Waals surface area contributed by atoms with Crippen molar-refractivity contribution in [2.75, 3.05) is 46.7 Å². The monoisotopic (exact) mass is 564 g/mol. The van der Waals surface area contributed by atoms with Gasteiger partial charge in [0.15, 0.2) is 11.4 Å². The molecular formula is C27H34F2N4O7. The molecule has 4 atom stereocenters. The number of carbonyl (C=O) groups excluding carboxylic acids is 3. The number of halogens is 2. The Kier molecular flexibility index (Phi) is 7.45. The number of primary amides is 1. The van der Waals surface area contributed by atoms with Gasteiger partial charge in [-0.3, -0.25) is 24.2 Å². The smallest absolute Gasteiger partial charge is 0.255 e. The molecule has 4 rings (SSSR count). The number of rotatable bonds is 7. The number of fused-ring (bicyclic) bond motifs is 3. The molecule has 0 saturated heterocycles.